The van der Waals surface area contributed by atoms with Gasteiger partial charge in [0.05, 0.1) is 12.0 Å². The molecule has 0 spiro atoms. The number of hydrogen-bond acceptors (Lipinski definition) is 6. The minimum atomic E-state index is 0.0132. The molecule has 7 heteroatoms. The molecule has 0 bridgehead atoms. The van der Waals surface area contributed by atoms with Crippen molar-refractivity contribution in [3.63, 3.8) is 0 Å². The number of likely N-dealkylation sites (tertiary alicyclic amines) is 1. The second-order valence-electron chi connectivity index (χ2n) is 11.8. The predicted molar refractivity (Wildman–Crippen MR) is 149 cm³/mol. The fraction of sp³-hybridized carbons (Fsp3) is 0.633. The van der Waals surface area contributed by atoms with E-state index in [1.54, 1.807) is 11.3 Å². The highest BCUT2D eigenvalue weighted by Crippen LogP contribution is 2.41. The number of piperidine rings is 1. The number of carbonyl (C=O) groups is 1. The largest absolute Gasteiger partial charge is 0.490 e. The van der Waals surface area contributed by atoms with Crippen molar-refractivity contribution in [3.8, 4) is 5.75 Å². The van der Waals surface area contributed by atoms with Crippen LogP contribution in [0, 0.1) is 11.8 Å². The van der Waals surface area contributed by atoms with Crippen LogP contribution in [0.2, 0.25) is 0 Å². The average molecular weight is 523 g/mol. The summed E-state index contributed by atoms with van der Waals surface area (Å²) in [5.74, 6) is 2.19. The average Bonchev–Trinajstić information content (AvgIpc) is 3.69. The summed E-state index contributed by atoms with van der Waals surface area (Å²) in [5, 5.41) is 7.81. The number of ether oxygens (including phenoxy) is 1. The lowest BCUT2D eigenvalue weighted by Crippen LogP contribution is -2.46. The molecular formula is C30H42N4O2S. The fourth-order valence-corrected chi connectivity index (χ4v) is 7.94. The van der Waals surface area contributed by atoms with E-state index in [4.69, 9.17) is 4.74 Å². The quantitative estimate of drug-likeness (QED) is 0.478. The first-order valence-corrected chi connectivity index (χ1v) is 15.4. The first kappa shape index (κ1) is 25.4. The van der Waals surface area contributed by atoms with E-state index in [1.165, 1.54) is 36.8 Å². The van der Waals surface area contributed by atoms with Crippen LogP contribution in [-0.2, 0) is 4.79 Å². The molecule has 0 radical (unpaired) electrons. The second-order valence-corrected chi connectivity index (χ2v) is 12.6. The van der Waals surface area contributed by atoms with Crippen LogP contribution in [0.4, 0.5) is 0 Å². The van der Waals surface area contributed by atoms with Gasteiger partial charge in [-0.3, -0.25) is 10.2 Å². The summed E-state index contributed by atoms with van der Waals surface area (Å²) >= 11 is 1.70. The summed E-state index contributed by atoms with van der Waals surface area (Å²) in [6.07, 6.45) is 10.5. The molecule has 2 aliphatic carbocycles. The normalized spacial score (nSPS) is 30.2. The minimum Gasteiger partial charge on any atom is -0.490 e. The van der Waals surface area contributed by atoms with Crippen molar-refractivity contribution < 1.29 is 9.53 Å². The Hall–Kier alpha value is -1.93. The van der Waals surface area contributed by atoms with Crippen molar-refractivity contribution in [3.05, 3.63) is 52.2 Å². The predicted octanol–water partition coefficient (Wildman–Crippen LogP) is 5.00. The Morgan fingerprint density at radius 3 is 2.54 bits per heavy atom. The Labute approximate surface area is 225 Å². The van der Waals surface area contributed by atoms with Gasteiger partial charge in [0.15, 0.2) is 0 Å². The van der Waals surface area contributed by atoms with Crippen LogP contribution in [0.25, 0.3) is 0 Å². The van der Waals surface area contributed by atoms with Gasteiger partial charge in [0, 0.05) is 25.2 Å². The zero-order valence-electron chi connectivity index (χ0n) is 22.0. The van der Waals surface area contributed by atoms with E-state index >= 15 is 0 Å². The molecule has 1 aromatic carbocycles. The Bertz CT molecular complexity index is 1010. The van der Waals surface area contributed by atoms with Gasteiger partial charge in [-0.25, -0.2) is 5.43 Å². The van der Waals surface area contributed by atoms with E-state index in [0.717, 1.165) is 50.9 Å². The molecule has 5 atom stereocenters. The first-order chi connectivity index (χ1) is 18.1. The number of hydrazine groups is 1. The number of fused-ring (bicyclic) bond motifs is 1. The van der Waals surface area contributed by atoms with E-state index < -0.39 is 0 Å². The number of amides is 1. The summed E-state index contributed by atoms with van der Waals surface area (Å²) in [5.41, 5.74) is 9.65. The highest BCUT2D eigenvalue weighted by atomic mass is 32.1. The summed E-state index contributed by atoms with van der Waals surface area (Å²) in [4.78, 5) is 16.0. The van der Waals surface area contributed by atoms with Crippen LogP contribution in [0.3, 0.4) is 0 Å². The van der Waals surface area contributed by atoms with Gasteiger partial charge in [0.25, 0.3) is 0 Å². The van der Waals surface area contributed by atoms with Gasteiger partial charge in [-0.1, -0.05) is 25.0 Å². The summed E-state index contributed by atoms with van der Waals surface area (Å²) in [7, 11) is 2.18. The lowest BCUT2D eigenvalue weighted by atomic mass is 9.77. The number of benzene rings is 1. The smallest absolute Gasteiger partial charge is 0.228 e. The maximum atomic E-state index is 13.6. The lowest BCUT2D eigenvalue weighted by molar-refractivity contribution is -0.124. The van der Waals surface area contributed by atoms with E-state index in [0.29, 0.717) is 24.0 Å². The number of rotatable bonds is 7. The van der Waals surface area contributed by atoms with Crippen molar-refractivity contribution in [2.45, 2.75) is 87.9 Å². The van der Waals surface area contributed by atoms with Crippen LogP contribution < -0.4 is 20.9 Å². The number of carbonyl (C=O) groups excluding carboxylic acids is 1. The minimum absolute atomic E-state index is 0.0132. The van der Waals surface area contributed by atoms with Crippen LogP contribution in [0.15, 0.2) is 41.1 Å². The van der Waals surface area contributed by atoms with Crippen molar-refractivity contribution >= 4 is 17.2 Å². The van der Waals surface area contributed by atoms with Crippen LogP contribution in [0.5, 0.6) is 5.75 Å². The molecule has 3 heterocycles. The molecule has 2 saturated carbocycles. The third-order valence-corrected chi connectivity index (χ3v) is 10.1. The third-order valence-electron chi connectivity index (χ3n) is 9.36. The molecule has 6 rings (SSSR count). The molecule has 4 fully saturated rings. The molecule has 5 unspecified atom stereocenters. The van der Waals surface area contributed by atoms with Gasteiger partial charge < -0.3 is 15.0 Å². The zero-order valence-corrected chi connectivity index (χ0v) is 22.8. The highest BCUT2D eigenvalue weighted by molar-refractivity contribution is 7.08. The summed E-state index contributed by atoms with van der Waals surface area (Å²) < 4.78 is 6.27. The van der Waals surface area contributed by atoms with Crippen molar-refractivity contribution in [1.82, 2.24) is 21.1 Å². The third kappa shape index (κ3) is 5.75. The molecule has 6 nitrogen and oxygen atoms in total. The van der Waals surface area contributed by atoms with Gasteiger partial charge in [0.1, 0.15) is 11.9 Å². The Morgan fingerprint density at radius 2 is 1.81 bits per heavy atom. The van der Waals surface area contributed by atoms with Gasteiger partial charge >= 0.3 is 0 Å². The molecule has 2 saturated heterocycles. The Balaban J connectivity index is 1.08. The van der Waals surface area contributed by atoms with Gasteiger partial charge in [-0.05, 0) is 104 Å². The maximum absolute atomic E-state index is 13.6. The van der Waals surface area contributed by atoms with Crippen LogP contribution in [0.1, 0.15) is 80.9 Å². The number of nitrogens with zero attached hydrogens (tertiary/aromatic N) is 1. The Morgan fingerprint density at radius 1 is 1.03 bits per heavy atom. The van der Waals surface area contributed by atoms with E-state index in [1.807, 2.05) is 0 Å². The molecule has 4 aliphatic rings. The molecule has 2 aromatic rings. The number of hydrogen-bond donors (Lipinski definition) is 3. The summed E-state index contributed by atoms with van der Waals surface area (Å²) in [6.45, 7) is 2.21. The second kappa shape index (κ2) is 11.4. The Kier molecular flexibility index (Phi) is 7.84. The van der Waals surface area contributed by atoms with Gasteiger partial charge in [-0.2, -0.15) is 11.3 Å². The maximum Gasteiger partial charge on any atom is 0.228 e. The molecule has 37 heavy (non-hydrogen) atoms. The van der Waals surface area contributed by atoms with Crippen molar-refractivity contribution in [1.29, 1.82) is 0 Å². The van der Waals surface area contributed by atoms with Gasteiger partial charge in [-0.15, -0.1) is 0 Å². The van der Waals surface area contributed by atoms with Crippen molar-refractivity contribution in [2.75, 3.05) is 20.1 Å². The van der Waals surface area contributed by atoms with Crippen LogP contribution >= 0.6 is 11.3 Å². The van der Waals surface area contributed by atoms with E-state index in [-0.39, 0.29) is 23.9 Å². The zero-order chi connectivity index (χ0) is 25.2. The van der Waals surface area contributed by atoms with Crippen LogP contribution in [-0.4, -0.2) is 49.1 Å². The highest BCUT2D eigenvalue weighted by Gasteiger charge is 2.42. The standard InChI is InChI=1S/C30H42N4O2S/c1-34-15-12-25(13-16-34)36-24-9-6-21(7-10-24)29-26-18-23(8-11-27(26)32-33-29)31-30(35)28(20-4-2-3-5-20)22-14-17-37-19-22/h6-7,9-10,14,17,19-20,23,25-29,32-33H,2-5,8,11-13,15-16,18H2,1H3,(H,31,35). The molecule has 1 aromatic heterocycles. The molecular weight excluding hydrogens is 480 g/mol. The summed E-state index contributed by atoms with van der Waals surface area (Å²) in [6, 6.07) is 11.8. The number of thiophene rings is 1. The number of nitrogens with one attached hydrogen (secondary N) is 3. The fourth-order valence-electron chi connectivity index (χ4n) is 7.24. The lowest BCUT2D eigenvalue weighted by Gasteiger charge is -2.35. The molecule has 1 amide bonds. The SMILES string of the molecule is CN1CCC(Oc2ccc(C3NNC4CCC(NC(=O)C(c5ccsc5)C5CCCC5)CC43)cc2)CC1. The molecule has 200 valence electrons. The molecule has 3 N–H and O–H groups in total. The molecule has 2 aliphatic heterocycles. The topological polar surface area (TPSA) is 65.6 Å². The van der Waals surface area contributed by atoms with Gasteiger partial charge in [0.2, 0.25) is 5.91 Å². The van der Waals surface area contributed by atoms with Crippen molar-refractivity contribution in [2.24, 2.45) is 11.8 Å². The van der Waals surface area contributed by atoms with E-state index in [2.05, 4.69) is 69.2 Å². The van der Waals surface area contributed by atoms with E-state index in [9.17, 15) is 4.79 Å². The monoisotopic (exact) mass is 522 g/mol. The first-order valence-electron chi connectivity index (χ1n) is 14.4.